The number of halogens is 3. The van der Waals surface area contributed by atoms with E-state index >= 15 is 0 Å². The number of aliphatic carboxylic acids is 1. The molecule has 1 fully saturated rings. The minimum absolute atomic E-state index is 0.0445. The zero-order valence-electron chi connectivity index (χ0n) is 19.9. The van der Waals surface area contributed by atoms with Crippen molar-refractivity contribution in [3.05, 3.63) is 52.9 Å². The van der Waals surface area contributed by atoms with Gasteiger partial charge in [0.2, 0.25) is 11.9 Å². The lowest BCUT2D eigenvalue weighted by Crippen LogP contribution is -2.57. The van der Waals surface area contributed by atoms with E-state index in [1.807, 2.05) is 13.0 Å². The predicted octanol–water partition coefficient (Wildman–Crippen LogP) is 4.39. The Balaban J connectivity index is 1.55. The number of aliphatic hydroxyl groups is 1. The van der Waals surface area contributed by atoms with Crippen LogP contribution in [0.25, 0.3) is 10.4 Å². The third-order valence-corrected chi connectivity index (χ3v) is 7.46. The van der Waals surface area contributed by atoms with E-state index in [9.17, 15) is 33.0 Å². The topological polar surface area (TPSA) is 137 Å². The molecule has 2 heterocycles. The summed E-state index contributed by atoms with van der Waals surface area (Å²) in [5.41, 5.74) is -1.83. The highest BCUT2D eigenvalue weighted by Crippen LogP contribution is 2.44. The number of alkyl halides is 3. The van der Waals surface area contributed by atoms with Gasteiger partial charge in [0.1, 0.15) is 21.8 Å². The van der Waals surface area contributed by atoms with Gasteiger partial charge in [-0.05, 0) is 61.9 Å². The van der Waals surface area contributed by atoms with E-state index in [0.717, 1.165) is 23.4 Å². The molecule has 1 aromatic carbocycles. The molecule has 13 heteroatoms. The molecule has 4 N–H and O–H groups in total. The van der Waals surface area contributed by atoms with Crippen LogP contribution in [0.15, 0.2) is 36.7 Å². The van der Waals surface area contributed by atoms with Crippen LogP contribution in [0, 0.1) is 6.92 Å². The molecule has 4 rings (SSSR count). The van der Waals surface area contributed by atoms with Crippen LogP contribution >= 0.6 is 11.3 Å². The summed E-state index contributed by atoms with van der Waals surface area (Å²) in [4.78, 5) is 35.9. The number of hydrogen-bond acceptors (Lipinski definition) is 8. The number of nitrogens with one attached hydrogen (secondary N) is 2. The molecule has 1 saturated carbocycles. The van der Waals surface area contributed by atoms with Crippen molar-refractivity contribution in [1.82, 2.24) is 20.3 Å². The number of thiazole rings is 1. The molecule has 1 amide bonds. The van der Waals surface area contributed by atoms with E-state index < -0.39 is 34.9 Å². The number of anilines is 2. The van der Waals surface area contributed by atoms with Gasteiger partial charge in [-0.25, -0.2) is 19.7 Å². The second-order valence-corrected chi connectivity index (χ2v) is 10.1. The first-order valence-corrected chi connectivity index (χ1v) is 12.1. The molecule has 37 heavy (non-hydrogen) atoms. The monoisotopic (exact) mass is 535 g/mol. The zero-order chi connectivity index (χ0) is 27.0. The summed E-state index contributed by atoms with van der Waals surface area (Å²) in [7, 11) is 0. The Morgan fingerprint density at radius 2 is 1.81 bits per heavy atom. The number of carboxylic acids is 1. The maximum atomic E-state index is 13.0. The summed E-state index contributed by atoms with van der Waals surface area (Å²) in [6, 6.07) is 6.10. The van der Waals surface area contributed by atoms with Crippen molar-refractivity contribution in [3.63, 3.8) is 0 Å². The summed E-state index contributed by atoms with van der Waals surface area (Å²) < 4.78 is 39.0. The van der Waals surface area contributed by atoms with Gasteiger partial charge in [0.05, 0.1) is 4.88 Å². The molecule has 1 aliphatic carbocycles. The van der Waals surface area contributed by atoms with Gasteiger partial charge in [0, 0.05) is 25.0 Å². The maximum absolute atomic E-state index is 13.0. The smallest absolute Gasteiger partial charge is 0.433 e. The van der Waals surface area contributed by atoms with Crippen molar-refractivity contribution < 1.29 is 33.0 Å². The molecule has 0 aliphatic heterocycles. The number of aryl methyl sites for hydroxylation is 1. The van der Waals surface area contributed by atoms with E-state index in [2.05, 4.69) is 25.6 Å². The molecule has 9 nitrogen and oxygen atoms in total. The number of rotatable bonds is 6. The van der Waals surface area contributed by atoms with Gasteiger partial charge in [0.15, 0.2) is 0 Å². The molecule has 0 bridgehead atoms. The summed E-state index contributed by atoms with van der Waals surface area (Å²) in [6.07, 6.45) is -1.70. The number of carbonyl (C=O) groups is 2. The standard InChI is InChI=1S/C24H24F3N5O4S/c1-13-9-15(11-16(10-13)30-21-28-8-3-18(31-21)24(25,26)27)17-12-29-19(37-17)23(36)6-4-22(5-7-23,20(34)35)32-14(2)33/h3,8-12,36H,4-7H2,1-2H3,(H,32,33)(H,34,35)(H,28,30,31). The fraction of sp³-hybridized carbons (Fsp3) is 0.375. The molecular formula is C24H24F3N5O4S. The number of carboxylic acid groups (broad SMARTS) is 1. The van der Waals surface area contributed by atoms with Crippen molar-refractivity contribution in [1.29, 1.82) is 0 Å². The minimum Gasteiger partial charge on any atom is -0.480 e. The van der Waals surface area contributed by atoms with Crippen molar-refractivity contribution in [2.24, 2.45) is 0 Å². The summed E-state index contributed by atoms with van der Waals surface area (Å²) in [5, 5.41) is 26.7. The largest absolute Gasteiger partial charge is 0.480 e. The number of carbonyl (C=O) groups excluding carboxylic acids is 1. The number of benzene rings is 1. The van der Waals surface area contributed by atoms with E-state index in [4.69, 9.17) is 0 Å². The summed E-state index contributed by atoms with van der Waals surface area (Å²) in [5.74, 6) is -1.80. The normalized spacial score (nSPS) is 21.9. The zero-order valence-corrected chi connectivity index (χ0v) is 20.7. The molecule has 2 aromatic heterocycles. The molecule has 196 valence electrons. The number of amides is 1. The van der Waals surface area contributed by atoms with E-state index in [1.165, 1.54) is 18.3 Å². The molecule has 3 aromatic rings. The minimum atomic E-state index is -4.60. The van der Waals surface area contributed by atoms with Gasteiger partial charge in [-0.15, -0.1) is 11.3 Å². The number of nitrogens with zero attached hydrogens (tertiary/aromatic N) is 3. The predicted molar refractivity (Wildman–Crippen MR) is 129 cm³/mol. The average molecular weight is 536 g/mol. The van der Waals surface area contributed by atoms with Gasteiger partial charge >= 0.3 is 12.1 Å². The first-order valence-electron chi connectivity index (χ1n) is 11.3. The fourth-order valence-corrected chi connectivity index (χ4v) is 5.41. The molecule has 0 unspecified atom stereocenters. The van der Waals surface area contributed by atoms with Crippen LogP contribution < -0.4 is 10.6 Å². The highest BCUT2D eigenvalue weighted by molar-refractivity contribution is 7.15. The Kier molecular flexibility index (Phi) is 6.95. The SMILES string of the molecule is CC(=O)NC1(C(=O)O)CCC(O)(c2ncc(-c3cc(C)cc(Nc4nccc(C(F)(F)F)n4)c3)s2)CC1. The Hall–Kier alpha value is -3.58. The summed E-state index contributed by atoms with van der Waals surface area (Å²) >= 11 is 1.24. The fourth-order valence-electron chi connectivity index (χ4n) is 4.36. The van der Waals surface area contributed by atoms with E-state index in [0.29, 0.717) is 15.6 Å². The maximum Gasteiger partial charge on any atom is 0.433 e. The highest BCUT2D eigenvalue weighted by Gasteiger charge is 2.49. The van der Waals surface area contributed by atoms with Crippen molar-refractivity contribution in [3.8, 4) is 10.4 Å². The van der Waals surface area contributed by atoms with Gasteiger partial charge in [-0.3, -0.25) is 4.79 Å². The first kappa shape index (κ1) is 26.5. The van der Waals surface area contributed by atoms with Crippen molar-refractivity contribution in [2.75, 3.05) is 5.32 Å². The van der Waals surface area contributed by atoms with Gasteiger partial charge in [-0.2, -0.15) is 13.2 Å². The van der Waals surface area contributed by atoms with Crippen LogP contribution in [0.4, 0.5) is 24.8 Å². The molecule has 0 spiro atoms. The second-order valence-electron chi connectivity index (χ2n) is 9.11. The van der Waals surface area contributed by atoms with Crippen molar-refractivity contribution >= 4 is 34.8 Å². The van der Waals surface area contributed by atoms with Gasteiger partial charge in [0.25, 0.3) is 0 Å². The molecule has 0 saturated heterocycles. The van der Waals surface area contributed by atoms with Gasteiger partial charge < -0.3 is 20.8 Å². The van der Waals surface area contributed by atoms with Crippen LogP contribution in [0.3, 0.4) is 0 Å². The van der Waals surface area contributed by atoms with E-state index in [-0.39, 0.29) is 31.6 Å². The summed E-state index contributed by atoms with van der Waals surface area (Å²) in [6.45, 7) is 3.08. The Labute approximate surface area is 213 Å². The van der Waals surface area contributed by atoms with E-state index in [1.54, 1.807) is 18.3 Å². The van der Waals surface area contributed by atoms with Crippen molar-refractivity contribution in [2.45, 2.75) is 56.8 Å². The third kappa shape index (κ3) is 5.72. The number of aromatic nitrogens is 3. The number of hydrogen-bond donors (Lipinski definition) is 4. The second kappa shape index (κ2) is 9.71. The lowest BCUT2D eigenvalue weighted by molar-refractivity contribution is -0.152. The van der Waals surface area contributed by atoms with Crippen LogP contribution in [0.5, 0.6) is 0 Å². The lowest BCUT2D eigenvalue weighted by Gasteiger charge is -2.40. The van der Waals surface area contributed by atoms with Gasteiger partial charge in [-0.1, -0.05) is 6.07 Å². The lowest BCUT2D eigenvalue weighted by atomic mass is 9.74. The van der Waals surface area contributed by atoms with Crippen LogP contribution in [-0.4, -0.2) is 42.6 Å². The Morgan fingerprint density at radius 3 is 2.43 bits per heavy atom. The molecule has 0 atom stereocenters. The molecule has 1 aliphatic rings. The quantitative estimate of drug-likeness (QED) is 0.365. The highest BCUT2D eigenvalue weighted by atomic mass is 32.1. The van der Waals surface area contributed by atoms with Crippen LogP contribution in [0.2, 0.25) is 0 Å². The van der Waals surface area contributed by atoms with Crippen LogP contribution in [0.1, 0.15) is 48.9 Å². The average Bonchev–Trinajstić information content (AvgIpc) is 3.31. The first-order chi connectivity index (χ1) is 17.3. The molecule has 0 radical (unpaired) electrons. The Morgan fingerprint density at radius 1 is 1.11 bits per heavy atom. The molecular weight excluding hydrogens is 511 g/mol. The third-order valence-electron chi connectivity index (χ3n) is 6.22. The Bertz CT molecular complexity index is 1340. The van der Waals surface area contributed by atoms with Crippen LogP contribution in [-0.2, 0) is 21.4 Å².